The lowest BCUT2D eigenvalue weighted by molar-refractivity contribution is -0.132. The van der Waals surface area contributed by atoms with Crippen LogP contribution in [0, 0.1) is 0 Å². The number of carbonyl (C=O) groups is 2. The van der Waals surface area contributed by atoms with Gasteiger partial charge in [0, 0.05) is 55.8 Å². The van der Waals surface area contributed by atoms with E-state index in [-0.39, 0.29) is 30.5 Å². The van der Waals surface area contributed by atoms with Crippen molar-refractivity contribution in [3.05, 3.63) is 41.0 Å². The first-order chi connectivity index (χ1) is 13.1. The van der Waals surface area contributed by atoms with Crippen LogP contribution in [0.2, 0.25) is 5.02 Å². The number of nitrogens with one attached hydrogen (secondary N) is 1. The van der Waals surface area contributed by atoms with Gasteiger partial charge in [0.2, 0.25) is 5.91 Å². The van der Waals surface area contributed by atoms with Gasteiger partial charge in [-0.1, -0.05) is 23.7 Å². The first-order valence-corrected chi connectivity index (χ1v) is 9.45. The molecular formula is C19H23ClN4O3. The zero-order valence-corrected chi connectivity index (χ0v) is 16.0. The Morgan fingerprint density at radius 3 is 2.56 bits per heavy atom. The van der Waals surface area contributed by atoms with Crippen molar-refractivity contribution in [3.63, 3.8) is 0 Å². The maximum absolute atomic E-state index is 12.2. The molecule has 3 rings (SSSR count). The van der Waals surface area contributed by atoms with Gasteiger partial charge in [0.15, 0.2) is 11.5 Å². The van der Waals surface area contributed by atoms with Gasteiger partial charge in [-0.2, -0.15) is 0 Å². The minimum Gasteiger partial charge on any atom is -0.355 e. The summed E-state index contributed by atoms with van der Waals surface area (Å²) >= 11 is 5.86. The fourth-order valence-corrected chi connectivity index (χ4v) is 3.10. The van der Waals surface area contributed by atoms with E-state index < -0.39 is 0 Å². The molecule has 1 fully saturated rings. The molecule has 1 aromatic carbocycles. The first kappa shape index (κ1) is 19.4. The summed E-state index contributed by atoms with van der Waals surface area (Å²) in [6, 6.07) is 8.64. The average molecular weight is 391 g/mol. The number of likely N-dealkylation sites (N-methyl/N-ethyl adjacent to an activating group) is 1. The molecule has 1 aliphatic rings. The molecule has 0 aliphatic carbocycles. The summed E-state index contributed by atoms with van der Waals surface area (Å²) in [5.41, 5.74) is 0.969. The fraction of sp³-hybridized carbons (Fsp3) is 0.421. The Bertz CT molecular complexity index is 783. The molecule has 0 saturated carbocycles. The highest BCUT2D eigenvalue weighted by molar-refractivity contribution is 6.30. The van der Waals surface area contributed by atoms with Crippen molar-refractivity contribution in [1.29, 1.82) is 0 Å². The van der Waals surface area contributed by atoms with Crippen LogP contribution in [0.5, 0.6) is 0 Å². The maximum Gasteiger partial charge on any atom is 0.273 e. The third-order valence-corrected chi connectivity index (χ3v) is 4.92. The van der Waals surface area contributed by atoms with Crippen LogP contribution >= 0.6 is 11.6 Å². The Labute approximate surface area is 163 Å². The zero-order valence-electron chi connectivity index (χ0n) is 15.3. The van der Waals surface area contributed by atoms with E-state index in [4.69, 9.17) is 16.1 Å². The number of nitrogens with zero attached hydrogens (tertiary/aromatic N) is 3. The lowest BCUT2D eigenvalue weighted by Crippen LogP contribution is -2.49. The van der Waals surface area contributed by atoms with Crippen LogP contribution in [-0.4, -0.2) is 66.0 Å². The predicted octanol–water partition coefficient (Wildman–Crippen LogP) is 2.28. The monoisotopic (exact) mass is 390 g/mol. The quantitative estimate of drug-likeness (QED) is 0.818. The second kappa shape index (κ2) is 9.01. The number of carbonyl (C=O) groups excluding carboxylic acids is 2. The van der Waals surface area contributed by atoms with Crippen LogP contribution in [0.25, 0.3) is 11.3 Å². The average Bonchev–Trinajstić information content (AvgIpc) is 3.19. The number of aromatic nitrogens is 1. The molecule has 1 aromatic heterocycles. The van der Waals surface area contributed by atoms with Crippen molar-refractivity contribution in [2.75, 3.05) is 39.3 Å². The molecule has 1 N–H and O–H groups in total. The summed E-state index contributed by atoms with van der Waals surface area (Å²) in [5, 5.41) is 7.14. The molecule has 8 heteroatoms. The van der Waals surface area contributed by atoms with Gasteiger partial charge in [0.25, 0.3) is 5.91 Å². The minimum absolute atomic E-state index is 0.0630. The molecule has 0 unspecified atom stereocenters. The van der Waals surface area contributed by atoms with E-state index in [1.165, 1.54) is 0 Å². The van der Waals surface area contributed by atoms with Gasteiger partial charge in [-0.05, 0) is 30.8 Å². The van der Waals surface area contributed by atoms with Crippen LogP contribution < -0.4 is 5.32 Å². The highest BCUT2D eigenvalue weighted by Crippen LogP contribution is 2.22. The summed E-state index contributed by atoms with van der Waals surface area (Å²) < 4.78 is 5.22. The topological polar surface area (TPSA) is 78.7 Å². The van der Waals surface area contributed by atoms with E-state index in [2.05, 4.69) is 22.3 Å². The maximum atomic E-state index is 12.2. The van der Waals surface area contributed by atoms with Crippen LogP contribution in [-0.2, 0) is 4.79 Å². The number of piperazine rings is 1. The van der Waals surface area contributed by atoms with Crippen molar-refractivity contribution < 1.29 is 14.1 Å². The van der Waals surface area contributed by atoms with E-state index in [1.54, 1.807) is 30.3 Å². The predicted molar refractivity (Wildman–Crippen MR) is 103 cm³/mol. The normalized spacial score (nSPS) is 15.0. The first-order valence-electron chi connectivity index (χ1n) is 9.08. The van der Waals surface area contributed by atoms with Gasteiger partial charge in [-0.25, -0.2) is 0 Å². The summed E-state index contributed by atoms with van der Waals surface area (Å²) in [5.74, 6) is 0.192. The summed E-state index contributed by atoms with van der Waals surface area (Å²) in [7, 11) is 0. The Hall–Kier alpha value is -2.38. The van der Waals surface area contributed by atoms with Crippen molar-refractivity contribution >= 4 is 23.4 Å². The number of benzene rings is 1. The zero-order chi connectivity index (χ0) is 19.2. The SMILES string of the molecule is CCN1CCN(C(=O)CCNC(=O)c2cc(-c3ccc(Cl)cc3)on2)CC1. The van der Waals surface area contributed by atoms with E-state index in [0.29, 0.717) is 10.8 Å². The Balaban J connectivity index is 1.46. The summed E-state index contributed by atoms with van der Waals surface area (Å²) in [6.45, 7) is 6.70. The van der Waals surface area contributed by atoms with Crippen molar-refractivity contribution in [2.45, 2.75) is 13.3 Å². The molecule has 1 aliphatic heterocycles. The van der Waals surface area contributed by atoms with Gasteiger partial charge in [0.1, 0.15) is 0 Å². The number of rotatable bonds is 6. The number of hydrogen-bond acceptors (Lipinski definition) is 5. The number of halogens is 1. The number of amides is 2. The standard InChI is InChI=1S/C19H23ClN4O3/c1-2-23-9-11-24(12-10-23)18(25)7-8-21-19(26)16-13-17(27-22-16)14-3-5-15(20)6-4-14/h3-6,13H,2,7-12H2,1H3,(H,21,26). The van der Waals surface area contributed by atoms with Crippen LogP contribution in [0.15, 0.2) is 34.9 Å². The van der Waals surface area contributed by atoms with E-state index in [0.717, 1.165) is 38.3 Å². The molecule has 27 heavy (non-hydrogen) atoms. The van der Waals surface area contributed by atoms with Crippen LogP contribution in [0.4, 0.5) is 0 Å². The van der Waals surface area contributed by atoms with Crippen molar-refractivity contribution in [3.8, 4) is 11.3 Å². The molecule has 2 heterocycles. The molecule has 144 valence electrons. The lowest BCUT2D eigenvalue weighted by Gasteiger charge is -2.34. The van der Waals surface area contributed by atoms with Gasteiger partial charge < -0.3 is 19.6 Å². The van der Waals surface area contributed by atoms with Gasteiger partial charge in [-0.3, -0.25) is 9.59 Å². The highest BCUT2D eigenvalue weighted by atomic mass is 35.5. The molecule has 1 saturated heterocycles. The molecule has 2 amide bonds. The number of hydrogen-bond donors (Lipinski definition) is 1. The van der Waals surface area contributed by atoms with Crippen molar-refractivity contribution in [1.82, 2.24) is 20.3 Å². The molecular weight excluding hydrogens is 368 g/mol. The summed E-state index contributed by atoms with van der Waals surface area (Å²) in [6.07, 6.45) is 0.278. The largest absolute Gasteiger partial charge is 0.355 e. The van der Waals surface area contributed by atoms with Crippen LogP contribution in [0.1, 0.15) is 23.8 Å². The van der Waals surface area contributed by atoms with Crippen LogP contribution in [0.3, 0.4) is 0 Å². The van der Waals surface area contributed by atoms with Crippen molar-refractivity contribution in [2.24, 2.45) is 0 Å². The van der Waals surface area contributed by atoms with E-state index >= 15 is 0 Å². The lowest BCUT2D eigenvalue weighted by atomic mass is 10.1. The molecule has 0 spiro atoms. The summed E-state index contributed by atoms with van der Waals surface area (Å²) in [4.78, 5) is 28.6. The molecule has 0 atom stereocenters. The second-order valence-corrected chi connectivity index (χ2v) is 6.84. The van der Waals surface area contributed by atoms with Gasteiger partial charge >= 0.3 is 0 Å². The Morgan fingerprint density at radius 2 is 1.89 bits per heavy atom. The molecule has 0 bridgehead atoms. The van der Waals surface area contributed by atoms with Gasteiger partial charge in [-0.15, -0.1) is 0 Å². The van der Waals surface area contributed by atoms with E-state index in [9.17, 15) is 9.59 Å². The van der Waals surface area contributed by atoms with Gasteiger partial charge in [0.05, 0.1) is 0 Å². The Morgan fingerprint density at radius 1 is 1.19 bits per heavy atom. The molecule has 7 nitrogen and oxygen atoms in total. The van der Waals surface area contributed by atoms with E-state index in [1.807, 2.05) is 4.90 Å². The smallest absolute Gasteiger partial charge is 0.273 e. The minimum atomic E-state index is -0.359. The third kappa shape index (κ3) is 5.08. The fourth-order valence-electron chi connectivity index (χ4n) is 2.98. The Kier molecular flexibility index (Phi) is 6.47. The highest BCUT2D eigenvalue weighted by Gasteiger charge is 2.20. The molecule has 2 aromatic rings. The second-order valence-electron chi connectivity index (χ2n) is 6.40. The molecule has 0 radical (unpaired) electrons. The third-order valence-electron chi connectivity index (χ3n) is 4.67.